The summed E-state index contributed by atoms with van der Waals surface area (Å²) in [5.74, 6) is 1.88. The Morgan fingerprint density at radius 1 is 0.306 bits per heavy atom. The molecule has 8 aromatic carbocycles. The standard InChI is InChI=1S/C45H27N3O/c1-3-11-30-25-32(19-17-28(30)9-1)35-22-23-39(37-14-6-5-13-36(35)37)45-47-43(33-20-18-29-10-2-4-12-31(29)26-33)46-44(48-45)34-21-24-42-40(27-34)38-15-7-8-16-41(38)49-42/h1-27H. The third-order valence-corrected chi connectivity index (χ3v) is 9.50. The lowest BCUT2D eigenvalue weighted by molar-refractivity contribution is 0.669. The maximum atomic E-state index is 6.14. The van der Waals surface area contributed by atoms with Gasteiger partial charge >= 0.3 is 0 Å². The first-order valence-corrected chi connectivity index (χ1v) is 16.4. The third-order valence-electron chi connectivity index (χ3n) is 9.50. The van der Waals surface area contributed by atoms with Crippen LogP contribution in [-0.4, -0.2) is 15.0 Å². The molecule has 0 radical (unpaired) electrons. The maximum absolute atomic E-state index is 6.14. The molecule has 0 aliphatic carbocycles. The molecule has 2 heterocycles. The molecule has 0 fully saturated rings. The van der Waals surface area contributed by atoms with E-state index in [0.29, 0.717) is 17.5 Å². The number of hydrogen-bond acceptors (Lipinski definition) is 4. The van der Waals surface area contributed by atoms with Crippen molar-refractivity contribution in [3.8, 4) is 45.3 Å². The van der Waals surface area contributed by atoms with Crippen molar-refractivity contribution in [2.45, 2.75) is 0 Å². The van der Waals surface area contributed by atoms with E-state index >= 15 is 0 Å². The van der Waals surface area contributed by atoms with Crippen molar-refractivity contribution < 1.29 is 4.42 Å². The van der Waals surface area contributed by atoms with Gasteiger partial charge in [-0.1, -0.05) is 121 Å². The fourth-order valence-corrected chi connectivity index (χ4v) is 7.05. The Morgan fingerprint density at radius 2 is 0.796 bits per heavy atom. The van der Waals surface area contributed by atoms with Crippen LogP contribution in [0.3, 0.4) is 0 Å². The zero-order valence-electron chi connectivity index (χ0n) is 26.3. The first kappa shape index (κ1) is 27.5. The molecule has 0 saturated carbocycles. The second-order valence-electron chi connectivity index (χ2n) is 12.4. The fourth-order valence-electron chi connectivity index (χ4n) is 7.05. The molecule has 0 saturated heterocycles. The second kappa shape index (κ2) is 11.0. The van der Waals surface area contributed by atoms with Crippen LogP contribution < -0.4 is 0 Å². The molecule has 10 rings (SSSR count). The lowest BCUT2D eigenvalue weighted by Gasteiger charge is -2.14. The molecule has 2 aromatic heterocycles. The van der Waals surface area contributed by atoms with Gasteiger partial charge in [0.2, 0.25) is 0 Å². The molecule has 0 N–H and O–H groups in total. The van der Waals surface area contributed by atoms with Crippen LogP contribution in [0.15, 0.2) is 168 Å². The van der Waals surface area contributed by atoms with Gasteiger partial charge in [0.05, 0.1) is 0 Å². The largest absolute Gasteiger partial charge is 0.456 e. The number of furan rings is 1. The zero-order chi connectivity index (χ0) is 32.3. The summed E-state index contributed by atoms with van der Waals surface area (Å²) in [6.07, 6.45) is 0. The van der Waals surface area contributed by atoms with E-state index in [2.05, 4.69) is 133 Å². The van der Waals surface area contributed by atoms with E-state index in [-0.39, 0.29) is 0 Å². The lowest BCUT2D eigenvalue weighted by Crippen LogP contribution is -2.01. The Kier molecular flexibility index (Phi) is 6.15. The number of benzene rings is 8. The smallest absolute Gasteiger partial charge is 0.164 e. The second-order valence-corrected chi connectivity index (χ2v) is 12.4. The molecule has 10 aromatic rings. The van der Waals surface area contributed by atoms with Crippen molar-refractivity contribution in [1.29, 1.82) is 0 Å². The summed E-state index contributed by atoms with van der Waals surface area (Å²) in [5.41, 5.74) is 6.85. The highest BCUT2D eigenvalue weighted by atomic mass is 16.3. The van der Waals surface area contributed by atoms with E-state index in [1.54, 1.807) is 0 Å². The van der Waals surface area contributed by atoms with Crippen molar-refractivity contribution in [3.63, 3.8) is 0 Å². The number of fused-ring (bicyclic) bond motifs is 6. The zero-order valence-corrected chi connectivity index (χ0v) is 26.3. The van der Waals surface area contributed by atoms with Crippen LogP contribution in [-0.2, 0) is 0 Å². The Balaban J connectivity index is 1.19. The summed E-state index contributed by atoms with van der Waals surface area (Å²) in [4.78, 5) is 15.4. The Bertz CT molecular complexity index is 2900. The summed E-state index contributed by atoms with van der Waals surface area (Å²) in [7, 11) is 0. The normalized spacial score (nSPS) is 11.7. The monoisotopic (exact) mass is 625 g/mol. The van der Waals surface area contributed by atoms with Gasteiger partial charge in [-0.15, -0.1) is 0 Å². The van der Waals surface area contributed by atoms with Gasteiger partial charge in [0, 0.05) is 27.5 Å². The number of hydrogen-bond donors (Lipinski definition) is 0. The van der Waals surface area contributed by atoms with Crippen molar-refractivity contribution in [2.24, 2.45) is 0 Å². The minimum absolute atomic E-state index is 0.614. The SMILES string of the molecule is c1ccc2cc(-c3nc(-c4ccc5oc6ccccc6c5c4)nc(-c4ccc(-c5ccc6ccccc6c5)c5ccccc45)n3)ccc2c1. The highest BCUT2D eigenvalue weighted by Gasteiger charge is 2.17. The number of aromatic nitrogens is 3. The summed E-state index contributed by atoms with van der Waals surface area (Å²) in [6.45, 7) is 0. The Hall–Kier alpha value is -6.65. The molecular formula is C45H27N3O. The van der Waals surface area contributed by atoms with Gasteiger partial charge < -0.3 is 4.42 Å². The van der Waals surface area contributed by atoms with E-state index < -0.39 is 0 Å². The molecule has 0 bridgehead atoms. The van der Waals surface area contributed by atoms with E-state index in [4.69, 9.17) is 19.4 Å². The van der Waals surface area contributed by atoms with Crippen molar-refractivity contribution in [2.75, 3.05) is 0 Å². The Labute approximate surface area is 282 Å². The average molecular weight is 626 g/mol. The predicted octanol–water partition coefficient (Wildman–Crippen LogP) is 11.9. The van der Waals surface area contributed by atoms with Crippen LogP contribution in [0.2, 0.25) is 0 Å². The van der Waals surface area contributed by atoms with Crippen LogP contribution in [0, 0.1) is 0 Å². The molecule has 0 unspecified atom stereocenters. The van der Waals surface area contributed by atoms with Crippen LogP contribution in [0.4, 0.5) is 0 Å². The molecule has 228 valence electrons. The fraction of sp³-hybridized carbons (Fsp3) is 0. The third kappa shape index (κ3) is 4.65. The molecule has 49 heavy (non-hydrogen) atoms. The molecule has 4 heteroatoms. The minimum Gasteiger partial charge on any atom is -0.456 e. The summed E-state index contributed by atoms with van der Waals surface area (Å²) in [6, 6.07) is 57.1. The van der Waals surface area contributed by atoms with E-state index in [9.17, 15) is 0 Å². The first-order valence-electron chi connectivity index (χ1n) is 16.4. The topological polar surface area (TPSA) is 51.8 Å². The van der Waals surface area contributed by atoms with Gasteiger partial charge in [-0.3, -0.25) is 0 Å². The van der Waals surface area contributed by atoms with Crippen molar-refractivity contribution in [3.05, 3.63) is 164 Å². The molecule has 0 aliphatic rings. The quantitative estimate of drug-likeness (QED) is 0.195. The average Bonchev–Trinajstić information content (AvgIpc) is 3.55. The van der Waals surface area contributed by atoms with Gasteiger partial charge in [-0.25, -0.2) is 15.0 Å². The summed E-state index contributed by atoms with van der Waals surface area (Å²) < 4.78 is 6.14. The Morgan fingerprint density at radius 3 is 1.53 bits per heavy atom. The van der Waals surface area contributed by atoms with Crippen LogP contribution in [0.5, 0.6) is 0 Å². The van der Waals surface area contributed by atoms with Gasteiger partial charge in [-0.05, 0) is 85.9 Å². The van der Waals surface area contributed by atoms with Crippen molar-refractivity contribution >= 4 is 54.3 Å². The summed E-state index contributed by atoms with van der Waals surface area (Å²) in [5, 5.41) is 9.10. The van der Waals surface area contributed by atoms with Crippen LogP contribution in [0.1, 0.15) is 0 Å². The van der Waals surface area contributed by atoms with Gasteiger partial charge in [0.1, 0.15) is 11.2 Å². The van der Waals surface area contributed by atoms with Crippen LogP contribution >= 0.6 is 0 Å². The van der Waals surface area contributed by atoms with E-state index in [0.717, 1.165) is 54.8 Å². The minimum atomic E-state index is 0.614. The molecule has 0 aliphatic heterocycles. The predicted molar refractivity (Wildman–Crippen MR) is 201 cm³/mol. The molecule has 4 nitrogen and oxygen atoms in total. The number of nitrogens with zero attached hydrogens (tertiary/aromatic N) is 3. The van der Waals surface area contributed by atoms with Gasteiger partial charge in [0.25, 0.3) is 0 Å². The maximum Gasteiger partial charge on any atom is 0.164 e. The highest BCUT2D eigenvalue weighted by Crippen LogP contribution is 2.38. The molecular weight excluding hydrogens is 599 g/mol. The highest BCUT2D eigenvalue weighted by molar-refractivity contribution is 6.07. The lowest BCUT2D eigenvalue weighted by atomic mass is 9.93. The van der Waals surface area contributed by atoms with Crippen molar-refractivity contribution in [1.82, 2.24) is 15.0 Å². The van der Waals surface area contributed by atoms with Crippen LogP contribution in [0.25, 0.3) is 99.5 Å². The van der Waals surface area contributed by atoms with Gasteiger partial charge in [-0.2, -0.15) is 0 Å². The van der Waals surface area contributed by atoms with E-state index in [1.807, 2.05) is 30.3 Å². The molecule has 0 amide bonds. The number of rotatable bonds is 4. The molecule has 0 spiro atoms. The molecule has 0 atom stereocenters. The first-order chi connectivity index (χ1) is 24.2. The van der Waals surface area contributed by atoms with E-state index in [1.165, 1.54) is 27.3 Å². The number of para-hydroxylation sites is 1. The summed E-state index contributed by atoms with van der Waals surface area (Å²) >= 11 is 0. The van der Waals surface area contributed by atoms with Gasteiger partial charge in [0.15, 0.2) is 17.5 Å².